The van der Waals surface area contributed by atoms with Crippen LogP contribution in [0.3, 0.4) is 0 Å². The molecule has 1 unspecified atom stereocenters. The monoisotopic (exact) mass is 293 g/mol. The Morgan fingerprint density at radius 1 is 1.20 bits per heavy atom. The third kappa shape index (κ3) is 3.57. The van der Waals surface area contributed by atoms with E-state index in [0.29, 0.717) is 11.6 Å². The van der Waals surface area contributed by atoms with Gasteiger partial charge in [-0.3, -0.25) is 0 Å². The quantitative estimate of drug-likeness (QED) is 0.878. The van der Waals surface area contributed by atoms with Gasteiger partial charge in [-0.2, -0.15) is 0 Å². The zero-order chi connectivity index (χ0) is 14.5. The smallest absolute Gasteiger partial charge is 0.124 e. The lowest BCUT2D eigenvalue weighted by atomic mass is 10.1. The van der Waals surface area contributed by atoms with E-state index >= 15 is 0 Å². The van der Waals surface area contributed by atoms with Crippen LogP contribution >= 0.6 is 11.6 Å². The molecule has 0 aliphatic heterocycles. The van der Waals surface area contributed by atoms with Crippen molar-refractivity contribution in [1.29, 1.82) is 0 Å². The summed E-state index contributed by atoms with van der Waals surface area (Å²) in [7, 11) is 0. The Balaban J connectivity index is 2.06. The Morgan fingerprint density at radius 2 is 1.90 bits per heavy atom. The number of hydrogen-bond acceptors (Lipinski definition) is 2. The van der Waals surface area contributed by atoms with Crippen molar-refractivity contribution >= 4 is 11.6 Å². The number of halogens is 2. The lowest BCUT2D eigenvalue weighted by molar-refractivity contribution is 0.280. The molecular weight excluding hydrogens is 277 g/mol. The van der Waals surface area contributed by atoms with Crippen LogP contribution in [0, 0.1) is 5.82 Å². The van der Waals surface area contributed by atoms with E-state index in [2.05, 4.69) is 5.32 Å². The van der Waals surface area contributed by atoms with Gasteiger partial charge in [-0.05, 0) is 35.7 Å². The van der Waals surface area contributed by atoms with E-state index in [0.717, 1.165) is 16.7 Å². The van der Waals surface area contributed by atoms with Crippen LogP contribution in [-0.4, -0.2) is 5.11 Å². The highest BCUT2D eigenvalue weighted by molar-refractivity contribution is 6.31. The van der Waals surface area contributed by atoms with Gasteiger partial charge in [0.25, 0.3) is 0 Å². The zero-order valence-electron chi connectivity index (χ0n) is 11.2. The van der Waals surface area contributed by atoms with Gasteiger partial charge in [0.05, 0.1) is 6.61 Å². The molecule has 2 N–H and O–H groups in total. The summed E-state index contributed by atoms with van der Waals surface area (Å²) in [5.41, 5.74) is 2.80. The van der Waals surface area contributed by atoms with Crippen LogP contribution in [-0.2, 0) is 13.2 Å². The average Bonchev–Trinajstić information content (AvgIpc) is 2.45. The summed E-state index contributed by atoms with van der Waals surface area (Å²) < 4.78 is 13.0. The summed E-state index contributed by atoms with van der Waals surface area (Å²) in [6.45, 7) is 2.61. The van der Waals surface area contributed by atoms with E-state index in [1.54, 1.807) is 6.07 Å². The predicted molar refractivity (Wildman–Crippen MR) is 79.0 cm³/mol. The molecule has 0 aliphatic rings. The minimum atomic E-state index is -0.337. The second-order valence-electron chi connectivity index (χ2n) is 4.70. The van der Waals surface area contributed by atoms with Gasteiger partial charge < -0.3 is 10.4 Å². The third-order valence-corrected chi connectivity index (χ3v) is 3.64. The van der Waals surface area contributed by atoms with E-state index in [1.807, 2.05) is 31.2 Å². The topological polar surface area (TPSA) is 32.3 Å². The molecule has 0 amide bonds. The molecule has 0 saturated heterocycles. The Kier molecular flexibility index (Phi) is 5.12. The molecule has 0 bridgehead atoms. The first-order valence-corrected chi connectivity index (χ1v) is 6.85. The van der Waals surface area contributed by atoms with Crippen molar-refractivity contribution in [2.24, 2.45) is 0 Å². The summed E-state index contributed by atoms with van der Waals surface area (Å²) in [5, 5.41) is 13.0. The summed E-state index contributed by atoms with van der Waals surface area (Å²) in [5.74, 6) is -0.337. The van der Waals surface area contributed by atoms with Gasteiger partial charge in [-0.25, -0.2) is 4.39 Å². The van der Waals surface area contributed by atoms with Crippen molar-refractivity contribution in [2.75, 3.05) is 0 Å². The Morgan fingerprint density at radius 3 is 2.55 bits per heavy atom. The van der Waals surface area contributed by atoms with Crippen molar-refractivity contribution in [3.8, 4) is 0 Å². The fourth-order valence-electron chi connectivity index (χ4n) is 2.11. The second-order valence-corrected chi connectivity index (χ2v) is 5.10. The SMILES string of the molecule is CC(NCc1ccccc1CO)c1ccc(F)cc1Cl. The third-order valence-electron chi connectivity index (χ3n) is 3.32. The number of hydrogen-bond donors (Lipinski definition) is 2. The summed E-state index contributed by atoms with van der Waals surface area (Å²) in [6.07, 6.45) is 0. The van der Waals surface area contributed by atoms with Crippen LogP contribution in [0.25, 0.3) is 0 Å². The van der Waals surface area contributed by atoms with E-state index in [4.69, 9.17) is 11.6 Å². The summed E-state index contributed by atoms with van der Waals surface area (Å²) >= 11 is 6.04. The lowest BCUT2D eigenvalue weighted by Gasteiger charge is -2.17. The van der Waals surface area contributed by atoms with Gasteiger partial charge in [-0.15, -0.1) is 0 Å². The summed E-state index contributed by atoms with van der Waals surface area (Å²) in [6, 6.07) is 12.1. The highest BCUT2D eigenvalue weighted by atomic mass is 35.5. The number of aliphatic hydroxyl groups is 1. The molecule has 4 heteroatoms. The van der Waals surface area contributed by atoms with Gasteiger partial charge >= 0.3 is 0 Å². The molecule has 2 nitrogen and oxygen atoms in total. The largest absolute Gasteiger partial charge is 0.392 e. The molecule has 2 rings (SSSR count). The van der Waals surface area contributed by atoms with E-state index in [1.165, 1.54) is 12.1 Å². The second kappa shape index (κ2) is 6.84. The maximum absolute atomic E-state index is 13.0. The van der Waals surface area contributed by atoms with E-state index < -0.39 is 0 Å². The van der Waals surface area contributed by atoms with Gasteiger partial charge in [-0.1, -0.05) is 41.9 Å². The highest BCUT2D eigenvalue weighted by Crippen LogP contribution is 2.24. The standard InChI is InChI=1S/C16H17ClFNO/c1-11(15-7-6-14(18)8-16(15)17)19-9-12-4-2-3-5-13(12)10-20/h2-8,11,19-20H,9-10H2,1H3. The van der Waals surface area contributed by atoms with Crippen LogP contribution in [0.15, 0.2) is 42.5 Å². The molecule has 20 heavy (non-hydrogen) atoms. The fraction of sp³-hybridized carbons (Fsp3) is 0.250. The minimum absolute atomic E-state index is 0.00477. The first-order chi connectivity index (χ1) is 9.61. The first kappa shape index (κ1) is 15.0. The number of aliphatic hydroxyl groups excluding tert-OH is 1. The summed E-state index contributed by atoms with van der Waals surface area (Å²) in [4.78, 5) is 0. The van der Waals surface area contributed by atoms with Gasteiger partial charge in [0.15, 0.2) is 0 Å². The molecule has 0 heterocycles. The van der Waals surface area contributed by atoms with Crippen molar-refractivity contribution in [3.05, 3.63) is 70.0 Å². The molecule has 0 saturated carbocycles. The molecule has 0 spiro atoms. The number of benzene rings is 2. The van der Waals surface area contributed by atoms with Crippen molar-refractivity contribution < 1.29 is 9.50 Å². The van der Waals surface area contributed by atoms with E-state index in [-0.39, 0.29) is 18.5 Å². The Bertz CT molecular complexity index is 588. The molecule has 2 aromatic rings. The Hall–Kier alpha value is -1.42. The Labute approximate surface area is 123 Å². The minimum Gasteiger partial charge on any atom is -0.392 e. The molecule has 0 aliphatic carbocycles. The van der Waals surface area contributed by atoms with Crippen LogP contribution in [0.2, 0.25) is 5.02 Å². The number of rotatable bonds is 5. The van der Waals surface area contributed by atoms with Crippen LogP contribution in [0.4, 0.5) is 4.39 Å². The first-order valence-electron chi connectivity index (χ1n) is 6.47. The van der Waals surface area contributed by atoms with E-state index in [9.17, 15) is 9.50 Å². The van der Waals surface area contributed by atoms with Crippen molar-refractivity contribution in [1.82, 2.24) is 5.32 Å². The molecule has 1 atom stereocenters. The maximum Gasteiger partial charge on any atom is 0.124 e. The predicted octanol–water partition coefficient (Wildman–Crippen LogP) is 3.82. The molecule has 2 aromatic carbocycles. The fourth-order valence-corrected chi connectivity index (χ4v) is 2.44. The maximum atomic E-state index is 13.0. The van der Waals surface area contributed by atoms with Gasteiger partial charge in [0, 0.05) is 17.6 Å². The molecule has 0 aromatic heterocycles. The lowest BCUT2D eigenvalue weighted by Crippen LogP contribution is -2.19. The highest BCUT2D eigenvalue weighted by Gasteiger charge is 2.10. The molecular formula is C16H17ClFNO. The number of nitrogens with one attached hydrogen (secondary N) is 1. The van der Waals surface area contributed by atoms with Gasteiger partial charge in [0.2, 0.25) is 0 Å². The van der Waals surface area contributed by atoms with Crippen LogP contribution in [0.5, 0.6) is 0 Å². The molecule has 0 fully saturated rings. The van der Waals surface area contributed by atoms with Crippen molar-refractivity contribution in [3.63, 3.8) is 0 Å². The van der Waals surface area contributed by atoms with Crippen LogP contribution < -0.4 is 5.32 Å². The van der Waals surface area contributed by atoms with Crippen LogP contribution in [0.1, 0.15) is 29.7 Å². The molecule has 106 valence electrons. The molecule has 0 radical (unpaired) electrons. The van der Waals surface area contributed by atoms with Gasteiger partial charge in [0.1, 0.15) is 5.82 Å². The zero-order valence-corrected chi connectivity index (χ0v) is 12.0. The average molecular weight is 294 g/mol. The normalized spacial score (nSPS) is 12.4. The van der Waals surface area contributed by atoms with Crippen molar-refractivity contribution in [2.45, 2.75) is 26.1 Å².